The number of rotatable bonds is 2. The second-order valence-electron chi connectivity index (χ2n) is 5.08. The molecule has 2 amide bonds. The van der Waals surface area contributed by atoms with Gasteiger partial charge in [0.1, 0.15) is 0 Å². The maximum absolute atomic E-state index is 12.1. The van der Waals surface area contributed by atoms with Crippen molar-refractivity contribution < 1.29 is 9.59 Å². The predicted molar refractivity (Wildman–Crippen MR) is 73.0 cm³/mol. The second kappa shape index (κ2) is 4.84. The van der Waals surface area contributed by atoms with E-state index in [1.165, 1.54) is 0 Å². The molecular weight excluding hydrogens is 294 g/mol. The fraction of sp³-hybridized carbons (Fsp3) is 0.429. The van der Waals surface area contributed by atoms with Gasteiger partial charge in [0.15, 0.2) is 0 Å². The van der Waals surface area contributed by atoms with Crippen LogP contribution in [-0.4, -0.2) is 11.8 Å². The lowest BCUT2D eigenvalue weighted by Gasteiger charge is -2.39. The summed E-state index contributed by atoms with van der Waals surface area (Å²) in [6.07, 6.45) is 1.19. The largest absolute Gasteiger partial charge is 0.296 e. The molecule has 1 aromatic carbocycles. The molecule has 1 saturated heterocycles. The van der Waals surface area contributed by atoms with Gasteiger partial charge in [-0.2, -0.15) is 0 Å². The quantitative estimate of drug-likeness (QED) is 0.854. The van der Waals surface area contributed by atoms with Crippen LogP contribution in [0.3, 0.4) is 0 Å². The van der Waals surface area contributed by atoms with Crippen molar-refractivity contribution in [2.24, 2.45) is 5.41 Å². The van der Waals surface area contributed by atoms with Gasteiger partial charge in [-0.05, 0) is 29.5 Å². The molecule has 1 aliphatic rings. The van der Waals surface area contributed by atoms with Crippen LogP contribution in [0.15, 0.2) is 28.7 Å². The van der Waals surface area contributed by atoms with Gasteiger partial charge in [0.25, 0.3) is 0 Å². The molecule has 2 atom stereocenters. The summed E-state index contributed by atoms with van der Waals surface area (Å²) in [6.45, 7) is 4.03. The molecule has 1 N–H and O–H groups in total. The molecular formula is C14H16BrNO2. The highest BCUT2D eigenvalue weighted by molar-refractivity contribution is 9.10. The van der Waals surface area contributed by atoms with Crippen molar-refractivity contribution in [3.63, 3.8) is 0 Å². The van der Waals surface area contributed by atoms with E-state index in [9.17, 15) is 9.59 Å². The van der Waals surface area contributed by atoms with E-state index in [1.54, 1.807) is 0 Å². The summed E-state index contributed by atoms with van der Waals surface area (Å²) in [4.78, 5) is 23.7. The molecule has 18 heavy (non-hydrogen) atoms. The third-order valence-corrected chi connectivity index (χ3v) is 4.27. The standard InChI is InChI=1S/C14H16BrNO2/c1-3-14(2)8-11(17)16-13(18)12(14)9-5-4-6-10(15)7-9/h4-7,12H,3,8H2,1-2H3,(H,16,17,18). The minimum atomic E-state index is -0.305. The number of hydrogen-bond donors (Lipinski definition) is 1. The Morgan fingerprint density at radius 1 is 1.44 bits per heavy atom. The third kappa shape index (κ3) is 2.34. The molecule has 0 saturated carbocycles. The van der Waals surface area contributed by atoms with Crippen LogP contribution in [0.2, 0.25) is 0 Å². The fourth-order valence-corrected chi connectivity index (χ4v) is 3.03. The first kappa shape index (κ1) is 13.3. The van der Waals surface area contributed by atoms with Gasteiger partial charge >= 0.3 is 0 Å². The van der Waals surface area contributed by atoms with Crippen LogP contribution >= 0.6 is 15.9 Å². The smallest absolute Gasteiger partial charge is 0.234 e. The lowest BCUT2D eigenvalue weighted by atomic mass is 9.67. The highest BCUT2D eigenvalue weighted by atomic mass is 79.9. The van der Waals surface area contributed by atoms with Gasteiger partial charge in [-0.3, -0.25) is 14.9 Å². The molecule has 0 bridgehead atoms. The van der Waals surface area contributed by atoms with Crippen LogP contribution in [-0.2, 0) is 9.59 Å². The van der Waals surface area contributed by atoms with Crippen molar-refractivity contribution in [2.75, 3.05) is 0 Å². The Kier molecular flexibility index (Phi) is 3.57. The van der Waals surface area contributed by atoms with Gasteiger partial charge in [0.2, 0.25) is 11.8 Å². The third-order valence-electron chi connectivity index (χ3n) is 3.78. The molecule has 1 heterocycles. The van der Waals surface area contributed by atoms with Gasteiger partial charge in [0.05, 0.1) is 5.92 Å². The van der Waals surface area contributed by atoms with Crippen molar-refractivity contribution in [1.82, 2.24) is 5.32 Å². The zero-order valence-corrected chi connectivity index (χ0v) is 12.1. The van der Waals surface area contributed by atoms with E-state index in [-0.39, 0.29) is 23.1 Å². The molecule has 3 nitrogen and oxygen atoms in total. The van der Waals surface area contributed by atoms with Crippen molar-refractivity contribution >= 4 is 27.7 Å². The normalized spacial score (nSPS) is 28.1. The zero-order valence-electron chi connectivity index (χ0n) is 10.5. The minimum absolute atomic E-state index is 0.171. The maximum Gasteiger partial charge on any atom is 0.234 e. The van der Waals surface area contributed by atoms with Gasteiger partial charge in [-0.1, -0.05) is 41.9 Å². The van der Waals surface area contributed by atoms with E-state index >= 15 is 0 Å². The predicted octanol–water partition coefficient (Wildman–Crippen LogP) is 3.00. The van der Waals surface area contributed by atoms with Gasteiger partial charge < -0.3 is 0 Å². The summed E-state index contributed by atoms with van der Waals surface area (Å²) in [6, 6.07) is 7.74. The number of imide groups is 1. The van der Waals surface area contributed by atoms with E-state index < -0.39 is 0 Å². The van der Waals surface area contributed by atoms with Crippen LogP contribution in [0.25, 0.3) is 0 Å². The van der Waals surface area contributed by atoms with E-state index in [2.05, 4.69) is 21.2 Å². The molecule has 1 fully saturated rings. The first-order chi connectivity index (χ1) is 8.46. The molecule has 96 valence electrons. The van der Waals surface area contributed by atoms with Crippen LogP contribution in [0, 0.1) is 5.41 Å². The van der Waals surface area contributed by atoms with E-state index in [0.29, 0.717) is 6.42 Å². The number of hydrogen-bond acceptors (Lipinski definition) is 2. The first-order valence-corrected chi connectivity index (χ1v) is 6.85. The highest BCUT2D eigenvalue weighted by Crippen LogP contribution is 2.44. The maximum atomic E-state index is 12.1. The Labute approximate surface area is 115 Å². The zero-order chi connectivity index (χ0) is 13.3. The number of nitrogens with one attached hydrogen (secondary N) is 1. The van der Waals surface area contributed by atoms with E-state index in [1.807, 2.05) is 38.1 Å². The average molecular weight is 310 g/mol. The average Bonchev–Trinajstić information content (AvgIpc) is 2.27. The van der Waals surface area contributed by atoms with Crippen molar-refractivity contribution in [2.45, 2.75) is 32.6 Å². The molecule has 1 aliphatic heterocycles. The fourth-order valence-electron chi connectivity index (χ4n) is 2.61. The summed E-state index contributed by atoms with van der Waals surface area (Å²) < 4.78 is 0.947. The van der Waals surface area contributed by atoms with Crippen LogP contribution in [0.4, 0.5) is 0 Å². The summed E-state index contributed by atoms with van der Waals surface area (Å²) in [7, 11) is 0. The number of halogens is 1. The number of piperidine rings is 1. The Morgan fingerprint density at radius 3 is 2.78 bits per heavy atom. The highest BCUT2D eigenvalue weighted by Gasteiger charge is 2.44. The number of benzene rings is 1. The van der Waals surface area contributed by atoms with Gasteiger partial charge in [0, 0.05) is 10.9 Å². The molecule has 2 rings (SSSR count). The Hall–Kier alpha value is -1.16. The topological polar surface area (TPSA) is 46.2 Å². The SMILES string of the molecule is CCC1(C)CC(=O)NC(=O)C1c1cccc(Br)c1. The minimum Gasteiger partial charge on any atom is -0.296 e. The van der Waals surface area contributed by atoms with Gasteiger partial charge in [-0.25, -0.2) is 0 Å². The number of carbonyl (C=O) groups is 2. The van der Waals surface area contributed by atoms with Crippen molar-refractivity contribution in [3.05, 3.63) is 34.3 Å². The van der Waals surface area contributed by atoms with Crippen LogP contribution in [0.1, 0.15) is 38.2 Å². The summed E-state index contributed by atoms with van der Waals surface area (Å²) >= 11 is 3.42. The molecule has 0 aromatic heterocycles. The van der Waals surface area contributed by atoms with Crippen molar-refractivity contribution in [3.8, 4) is 0 Å². The van der Waals surface area contributed by atoms with E-state index in [4.69, 9.17) is 0 Å². The summed E-state index contributed by atoms with van der Waals surface area (Å²) in [5.74, 6) is -0.623. The molecule has 1 aromatic rings. The Balaban J connectivity index is 2.45. The Bertz CT molecular complexity index is 500. The molecule has 0 radical (unpaired) electrons. The first-order valence-electron chi connectivity index (χ1n) is 6.05. The molecule has 4 heteroatoms. The van der Waals surface area contributed by atoms with Gasteiger partial charge in [-0.15, -0.1) is 0 Å². The monoisotopic (exact) mass is 309 g/mol. The summed E-state index contributed by atoms with van der Waals surface area (Å²) in [5.41, 5.74) is 0.652. The molecule has 0 aliphatic carbocycles. The lowest BCUT2D eigenvalue weighted by molar-refractivity contribution is -0.139. The van der Waals surface area contributed by atoms with Crippen LogP contribution in [0.5, 0.6) is 0 Å². The molecule has 2 unspecified atom stereocenters. The second-order valence-corrected chi connectivity index (χ2v) is 6.00. The lowest BCUT2D eigenvalue weighted by Crippen LogP contribution is -2.49. The number of amides is 2. The number of carbonyl (C=O) groups excluding carboxylic acids is 2. The molecule has 0 spiro atoms. The van der Waals surface area contributed by atoms with Crippen LogP contribution < -0.4 is 5.32 Å². The van der Waals surface area contributed by atoms with E-state index in [0.717, 1.165) is 16.5 Å². The summed E-state index contributed by atoms with van der Waals surface area (Å²) in [5, 5.41) is 2.44. The van der Waals surface area contributed by atoms with Crippen molar-refractivity contribution in [1.29, 1.82) is 0 Å². The Morgan fingerprint density at radius 2 is 2.17 bits per heavy atom.